The molecular formula is C13H25N3O3. The van der Waals surface area contributed by atoms with Crippen LogP contribution in [-0.4, -0.2) is 48.7 Å². The molecule has 1 aliphatic carbocycles. The second-order valence-electron chi connectivity index (χ2n) is 5.17. The maximum absolute atomic E-state index is 12.5. The minimum atomic E-state index is 0.115. The number of amidine groups is 1. The standard InChI is InChI=1S/C13H25N3O3/c1-10-4-3-5-11(10)13(17)16(8-9-19-2)7-6-12(14)15-18/h10-11,18H,3-9H2,1-2H3,(H2,14,15). The van der Waals surface area contributed by atoms with Gasteiger partial charge in [-0.15, -0.1) is 0 Å². The summed E-state index contributed by atoms with van der Waals surface area (Å²) in [6.45, 7) is 3.66. The normalized spacial score (nSPS) is 23.6. The van der Waals surface area contributed by atoms with Gasteiger partial charge in [0.1, 0.15) is 5.84 Å². The van der Waals surface area contributed by atoms with Gasteiger partial charge in [0, 0.05) is 32.5 Å². The summed E-state index contributed by atoms with van der Waals surface area (Å²) in [5.41, 5.74) is 5.46. The quantitative estimate of drug-likeness (QED) is 0.313. The monoisotopic (exact) mass is 271 g/mol. The minimum Gasteiger partial charge on any atom is -0.409 e. The van der Waals surface area contributed by atoms with E-state index in [1.54, 1.807) is 12.0 Å². The Morgan fingerprint density at radius 3 is 2.74 bits per heavy atom. The maximum Gasteiger partial charge on any atom is 0.226 e. The summed E-state index contributed by atoms with van der Waals surface area (Å²) in [6.07, 6.45) is 3.59. The van der Waals surface area contributed by atoms with Crippen LogP contribution in [0.5, 0.6) is 0 Å². The summed E-state index contributed by atoms with van der Waals surface area (Å²) >= 11 is 0. The summed E-state index contributed by atoms with van der Waals surface area (Å²) in [5, 5.41) is 11.5. The van der Waals surface area contributed by atoms with Gasteiger partial charge in [0.15, 0.2) is 0 Å². The molecule has 1 rings (SSSR count). The molecular weight excluding hydrogens is 246 g/mol. The summed E-state index contributed by atoms with van der Waals surface area (Å²) < 4.78 is 5.04. The summed E-state index contributed by atoms with van der Waals surface area (Å²) in [5.74, 6) is 0.882. The number of hydrogen-bond donors (Lipinski definition) is 2. The Morgan fingerprint density at radius 2 is 2.21 bits per heavy atom. The van der Waals surface area contributed by atoms with Crippen molar-refractivity contribution in [3.8, 4) is 0 Å². The van der Waals surface area contributed by atoms with E-state index < -0.39 is 0 Å². The summed E-state index contributed by atoms with van der Waals surface area (Å²) in [7, 11) is 1.62. The van der Waals surface area contributed by atoms with Crippen LogP contribution >= 0.6 is 0 Å². The van der Waals surface area contributed by atoms with Gasteiger partial charge in [-0.3, -0.25) is 4.79 Å². The molecule has 0 aromatic rings. The molecule has 0 aromatic carbocycles. The first-order valence-corrected chi connectivity index (χ1v) is 6.84. The Bertz CT molecular complexity index is 320. The van der Waals surface area contributed by atoms with Crippen LogP contribution in [0, 0.1) is 11.8 Å². The molecule has 6 heteroatoms. The van der Waals surface area contributed by atoms with Gasteiger partial charge in [-0.1, -0.05) is 18.5 Å². The lowest BCUT2D eigenvalue weighted by Crippen LogP contribution is -2.41. The molecule has 6 nitrogen and oxygen atoms in total. The number of nitrogens with two attached hydrogens (primary N) is 1. The number of carbonyl (C=O) groups excluding carboxylic acids is 1. The van der Waals surface area contributed by atoms with E-state index in [0.717, 1.165) is 19.3 Å². The molecule has 2 unspecified atom stereocenters. The first-order chi connectivity index (χ1) is 9.10. The fourth-order valence-corrected chi connectivity index (χ4v) is 2.58. The predicted molar refractivity (Wildman–Crippen MR) is 73.0 cm³/mol. The third-order valence-electron chi connectivity index (χ3n) is 3.82. The molecule has 0 spiro atoms. The van der Waals surface area contributed by atoms with E-state index in [-0.39, 0.29) is 17.7 Å². The van der Waals surface area contributed by atoms with Gasteiger partial charge in [0.25, 0.3) is 0 Å². The average molecular weight is 271 g/mol. The maximum atomic E-state index is 12.5. The van der Waals surface area contributed by atoms with Crippen molar-refractivity contribution in [2.24, 2.45) is 22.7 Å². The molecule has 0 radical (unpaired) electrons. The highest BCUT2D eigenvalue weighted by atomic mass is 16.5. The average Bonchev–Trinajstić information content (AvgIpc) is 2.84. The van der Waals surface area contributed by atoms with E-state index in [0.29, 0.717) is 32.0 Å². The fourth-order valence-electron chi connectivity index (χ4n) is 2.58. The first kappa shape index (κ1) is 15.8. The van der Waals surface area contributed by atoms with Crippen LogP contribution in [0.15, 0.2) is 5.16 Å². The van der Waals surface area contributed by atoms with Crippen molar-refractivity contribution >= 4 is 11.7 Å². The number of amides is 1. The van der Waals surface area contributed by atoms with Crippen LogP contribution in [0.25, 0.3) is 0 Å². The van der Waals surface area contributed by atoms with Crippen molar-refractivity contribution in [2.75, 3.05) is 26.8 Å². The van der Waals surface area contributed by atoms with Crippen LogP contribution in [-0.2, 0) is 9.53 Å². The van der Waals surface area contributed by atoms with E-state index in [4.69, 9.17) is 15.7 Å². The minimum absolute atomic E-state index is 0.115. The van der Waals surface area contributed by atoms with E-state index >= 15 is 0 Å². The highest BCUT2D eigenvalue weighted by molar-refractivity contribution is 5.82. The van der Waals surface area contributed by atoms with E-state index in [1.165, 1.54) is 0 Å². The molecule has 3 N–H and O–H groups in total. The highest BCUT2D eigenvalue weighted by Crippen LogP contribution is 2.32. The smallest absolute Gasteiger partial charge is 0.226 e. The molecule has 0 heterocycles. The van der Waals surface area contributed by atoms with E-state index in [2.05, 4.69) is 12.1 Å². The summed E-state index contributed by atoms with van der Waals surface area (Å²) in [4.78, 5) is 14.3. The van der Waals surface area contributed by atoms with Gasteiger partial charge in [-0.05, 0) is 18.8 Å². The van der Waals surface area contributed by atoms with Crippen LogP contribution < -0.4 is 5.73 Å². The molecule has 0 aliphatic heterocycles. The topological polar surface area (TPSA) is 88.2 Å². The van der Waals surface area contributed by atoms with Gasteiger partial charge >= 0.3 is 0 Å². The number of hydrogen-bond acceptors (Lipinski definition) is 4. The van der Waals surface area contributed by atoms with Crippen molar-refractivity contribution in [3.63, 3.8) is 0 Å². The van der Waals surface area contributed by atoms with E-state index in [1.807, 2.05) is 0 Å². The molecule has 2 atom stereocenters. The molecule has 1 amide bonds. The Hall–Kier alpha value is -1.30. The number of ether oxygens (including phenoxy) is 1. The SMILES string of the molecule is COCCN(CCC(N)=NO)C(=O)C1CCCC1C. The molecule has 1 saturated carbocycles. The lowest BCUT2D eigenvalue weighted by Gasteiger charge is -2.27. The molecule has 0 aromatic heterocycles. The molecule has 19 heavy (non-hydrogen) atoms. The molecule has 0 saturated heterocycles. The van der Waals surface area contributed by atoms with Crippen LogP contribution in [0.3, 0.4) is 0 Å². The van der Waals surface area contributed by atoms with Crippen LogP contribution in [0.1, 0.15) is 32.6 Å². The molecule has 0 bridgehead atoms. The Morgan fingerprint density at radius 1 is 1.47 bits per heavy atom. The number of nitrogens with zero attached hydrogens (tertiary/aromatic N) is 2. The van der Waals surface area contributed by atoms with Crippen molar-refractivity contribution in [1.82, 2.24) is 4.90 Å². The third-order valence-corrected chi connectivity index (χ3v) is 3.82. The Kier molecular flexibility index (Phi) is 6.62. The molecule has 1 fully saturated rings. The van der Waals surface area contributed by atoms with Gasteiger partial charge in [-0.25, -0.2) is 0 Å². The van der Waals surface area contributed by atoms with Gasteiger partial charge in [0.2, 0.25) is 5.91 Å². The zero-order valence-electron chi connectivity index (χ0n) is 11.8. The second-order valence-corrected chi connectivity index (χ2v) is 5.17. The van der Waals surface area contributed by atoms with Gasteiger partial charge in [0.05, 0.1) is 6.61 Å². The van der Waals surface area contributed by atoms with Crippen molar-refractivity contribution in [2.45, 2.75) is 32.6 Å². The van der Waals surface area contributed by atoms with Crippen molar-refractivity contribution < 1.29 is 14.7 Å². The van der Waals surface area contributed by atoms with Crippen molar-refractivity contribution in [3.05, 3.63) is 0 Å². The number of carbonyl (C=O) groups is 1. The lowest BCUT2D eigenvalue weighted by atomic mass is 9.96. The lowest BCUT2D eigenvalue weighted by molar-refractivity contribution is -0.137. The summed E-state index contributed by atoms with van der Waals surface area (Å²) in [6, 6.07) is 0. The van der Waals surface area contributed by atoms with Gasteiger partial charge < -0.3 is 20.6 Å². The fraction of sp³-hybridized carbons (Fsp3) is 0.846. The highest BCUT2D eigenvalue weighted by Gasteiger charge is 2.32. The van der Waals surface area contributed by atoms with Crippen LogP contribution in [0.4, 0.5) is 0 Å². The predicted octanol–water partition coefficient (Wildman–Crippen LogP) is 1.03. The first-order valence-electron chi connectivity index (χ1n) is 6.84. The van der Waals surface area contributed by atoms with Crippen molar-refractivity contribution in [1.29, 1.82) is 0 Å². The van der Waals surface area contributed by atoms with Gasteiger partial charge in [-0.2, -0.15) is 0 Å². The zero-order valence-corrected chi connectivity index (χ0v) is 11.8. The Labute approximate surface area is 114 Å². The number of rotatable bonds is 7. The number of oxime groups is 1. The largest absolute Gasteiger partial charge is 0.409 e. The van der Waals surface area contributed by atoms with E-state index in [9.17, 15) is 4.79 Å². The Balaban J connectivity index is 2.58. The number of methoxy groups -OCH3 is 1. The van der Waals surface area contributed by atoms with Crippen LogP contribution in [0.2, 0.25) is 0 Å². The second kappa shape index (κ2) is 7.99. The molecule has 110 valence electrons. The molecule has 1 aliphatic rings. The third kappa shape index (κ3) is 4.70. The zero-order chi connectivity index (χ0) is 14.3.